The Morgan fingerprint density at radius 1 is 1.09 bits per heavy atom. The molecule has 7 heteroatoms. The van der Waals surface area contributed by atoms with Gasteiger partial charge in [0.15, 0.2) is 11.5 Å². The minimum Gasteiger partial charge on any atom is -0.493 e. The number of ether oxygens (including phenoxy) is 2. The van der Waals surface area contributed by atoms with Gasteiger partial charge in [0.2, 0.25) is 0 Å². The van der Waals surface area contributed by atoms with Crippen molar-refractivity contribution in [2.24, 2.45) is 0 Å². The number of benzene rings is 2. The molecule has 0 N–H and O–H groups in total. The fourth-order valence-electron chi connectivity index (χ4n) is 2.72. The number of anilines is 1. The van der Waals surface area contributed by atoms with Crippen LogP contribution in [0, 0.1) is 5.82 Å². The first-order valence-corrected chi connectivity index (χ1v) is 8.45. The van der Waals surface area contributed by atoms with Crippen molar-refractivity contribution in [1.29, 1.82) is 0 Å². The van der Waals surface area contributed by atoms with Crippen molar-refractivity contribution < 1.29 is 22.3 Å². The first-order valence-electron chi connectivity index (χ1n) is 7.01. The Morgan fingerprint density at radius 2 is 1.83 bits per heavy atom. The lowest BCUT2D eigenvalue weighted by Crippen LogP contribution is -2.29. The van der Waals surface area contributed by atoms with Crippen LogP contribution in [0.2, 0.25) is 0 Å². The second kappa shape index (κ2) is 5.73. The van der Waals surface area contributed by atoms with E-state index >= 15 is 0 Å². The van der Waals surface area contributed by atoms with Crippen molar-refractivity contribution in [2.45, 2.75) is 11.3 Å². The van der Waals surface area contributed by atoms with E-state index < -0.39 is 15.8 Å². The molecule has 1 aliphatic rings. The van der Waals surface area contributed by atoms with Crippen LogP contribution in [0.15, 0.2) is 41.3 Å². The van der Waals surface area contributed by atoms with Gasteiger partial charge < -0.3 is 9.47 Å². The Kier molecular flexibility index (Phi) is 3.89. The maximum atomic E-state index is 14.1. The lowest BCUT2D eigenvalue weighted by atomic mass is 10.2. The number of fused-ring (bicyclic) bond motifs is 1. The molecule has 0 aliphatic carbocycles. The summed E-state index contributed by atoms with van der Waals surface area (Å²) in [4.78, 5) is 0.0336. The Bertz CT molecular complexity index is 851. The third-order valence-electron chi connectivity index (χ3n) is 3.85. The number of nitrogens with zero attached hydrogens (tertiary/aromatic N) is 1. The number of rotatable bonds is 4. The quantitative estimate of drug-likeness (QED) is 0.860. The van der Waals surface area contributed by atoms with Crippen LogP contribution in [0.3, 0.4) is 0 Å². The predicted octanol–water partition coefficient (Wildman–Crippen LogP) is 2.59. The van der Waals surface area contributed by atoms with Gasteiger partial charge in [-0.3, -0.25) is 4.31 Å². The number of halogens is 1. The van der Waals surface area contributed by atoms with Gasteiger partial charge in [-0.05, 0) is 30.2 Å². The third kappa shape index (κ3) is 2.50. The van der Waals surface area contributed by atoms with E-state index in [1.807, 2.05) is 0 Å². The highest BCUT2D eigenvalue weighted by Crippen LogP contribution is 2.37. The highest BCUT2D eigenvalue weighted by Gasteiger charge is 2.33. The van der Waals surface area contributed by atoms with E-state index in [1.54, 1.807) is 12.1 Å². The first-order chi connectivity index (χ1) is 11.0. The average Bonchev–Trinajstić information content (AvgIpc) is 3.00. The van der Waals surface area contributed by atoms with Gasteiger partial charge in [-0.25, -0.2) is 12.8 Å². The molecule has 0 aromatic heterocycles. The zero-order valence-electron chi connectivity index (χ0n) is 12.7. The number of hydrogen-bond acceptors (Lipinski definition) is 4. The molecule has 0 saturated heterocycles. The summed E-state index contributed by atoms with van der Waals surface area (Å²) in [6.45, 7) is 0.215. The normalized spacial score (nSPS) is 13.8. The van der Waals surface area contributed by atoms with E-state index in [4.69, 9.17) is 9.47 Å². The third-order valence-corrected chi connectivity index (χ3v) is 5.64. The van der Waals surface area contributed by atoms with Gasteiger partial charge in [0.1, 0.15) is 5.82 Å². The Balaban J connectivity index is 2.08. The summed E-state index contributed by atoms with van der Waals surface area (Å²) in [5.74, 6) is 0.199. The average molecular weight is 337 g/mol. The molecule has 122 valence electrons. The molecule has 0 amide bonds. The topological polar surface area (TPSA) is 55.8 Å². The molecule has 1 heterocycles. The molecule has 0 radical (unpaired) electrons. The van der Waals surface area contributed by atoms with Crippen LogP contribution in [0.5, 0.6) is 11.5 Å². The summed E-state index contributed by atoms with van der Waals surface area (Å²) < 4.78 is 51.2. The molecule has 2 aromatic rings. The summed E-state index contributed by atoms with van der Waals surface area (Å²) >= 11 is 0. The van der Waals surface area contributed by atoms with Crippen molar-refractivity contribution in [3.05, 3.63) is 47.8 Å². The van der Waals surface area contributed by atoms with Crippen LogP contribution in [0.25, 0.3) is 0 Å². The zero-order chi connectivity index (χ0) is 16.6. The monoisotopic (exact) mass is 337 g/mol. The summed E-state index contributed by atoms with van der Waals surface area (Å²) in [6.07, 6.45) is 0.486. The van der Waals surface area contributed by atoms with E-state index in [1.165, 1.54) is 38.5 Å². The van der Waals surface area contributed by atoms with Crippen LogP contribution in [0.1, 0.15) is 5.56 Å². The SMILES string of the molecule is COc1ccc(S(=O)(=O)N2CCc3cccc(F)c32)cc1OC. The van der Waals surface area contributed by atoms with E-state index in [0.29, 0.717) is 23.5 Å². The second-order valence-electron chi connectivity index (χ2n) is 5.09. The minimum absolute atomic E-state index is 0.0336. The van der Waals surface area contributed by atoms with E-state index in [-0.39, 0.29) is 17.1 Å². The van der Waals surface area contributed by atoms with Gasteiger partial charge in [0.05, 0.1) is 24.8 Å². The van der Waals surface area contributed by atoms with Crippen LogP contribution >= 0.6 is 0 Å². The predicted molar refractivity (Wildman–Crippen MR) is 84.2 cm³/mol. The maximum Gasteiger partial charge on any atom is 0.264 e. The van der Waals surface area contributed by atoms with E-state index in [0.717, 1.165) is 4.31 Å². The van der Waals surface area contributed by atoms with E-state index in [9.17, 15) is 12.8 Å². The molecule has 3 rings (SSSR count). The second-order valence-corrected chi connectivity index (χ2v) is 6.95. The smallest absolute Gasteiger partial charge is 0.264 e. The fraction of sp³-hybridized carbons (Fsp3) is 0.250. The summed E-state index contributed by atoms with van der Waals surface area (Å²) in [5.41, 5.74) is 0.816. The number of sulfonamides is 1. The summed E-state index contributed by atoms with van der Waals surface area (Å²) in [7, 11) is -0.974. The molecule has 0 fully saturated rings. The molecular weight excluding hydrogens is 321 g/mol. The van der Waals surface area contributed by atoms with E-state index in [2.05, 4.69) is 0 Å². The molecule has 0 atom stereocenters. The molecule has 0 bridgehead atoms. The van der Waals surface area contributed by atoms with Crippen molar-refractivity contribution in [3.8, 4) is 11.5 Å². The van der Waals surface area contributed by atoms with Crippen molar-refractivity contribution >= 4 is 15.7 Å². The largest absolute Gasteiger partial charge is 0.493 e. The maximum absolute atomic E-state index is 14.1. The van der Waals surface area contributed by atoms with Crippen LogP contribution < -0.4 is 13.8 Å². The molecule has 0 spiro atoms. The Labute approximate surface area is 134 Å². The summed E-state index contributed by atoms with van der Waals surface area (Å²) in [6, 6.07) is 8.91. The van der Waals surface area contributed by atoms with Crippen LogP contribution in [-0.4, -0.2) is 29.2 Å². The van der Waals surface area contributed by atoms with Crippen molar-refractivity contribution in [2.75, 3.05) is 25.1 Å². The minimum atomic E-state index is -3.87. The highest BCUT2D eigenvalue weighted by molar-refractivity contribution is 7.92. The molecule has 0 saturated carbocycles. The molecular formula is C16H16FNO4S. The lowest BCUT2D eigenvalue weighted by Gasteiger charge is -2.20. The van der Waals surface area contributed by atoms with Gasteiger partial charge in [-0.15, -0.1) is 0 Å². The van der Waals surface area contributed by atoms with Gasteiger partial charge >= 0.3 is 0 Å². The van der Waals surface area contributed by atoms with Gasteiger partial charge in [-0.2, -0.15) is 0 Å². The van der Waals surface area contributed by atoms with Gasteiger partial charge in [-0.1, -0.05) is 12.1 Å². The van der Waals surface area contributed by atoms with Crippen LogP contribution in [-0.2, 0) is 16.4 Å². The lowest BCUT2D eigenvalue weighted by molar-refractivity contribution is 0.354. The Morgan fingerprint density at radius 3 is 2.52 bits per heavy atom. The number of methoxy groups -OCH3 is 2. The van der Waals surface area contributed by atoms with Crippen molar-refractivity contribution in [3.63, 3.8) is 0 Å². The zero-order valence-corrected chi connectivity index (χ0v) is 13.6. The van der Waals surface area contributed by atoms with Crippen LogP contribution in [0.4, 0.5) is 10.1 Å². The molecule has 23 heavy (non-hydrogen) atoms. The highest BCUT2D eigenvalue weighted by atomic mass is 32.2. The number of para-hydroxylation sites is 1. The summed E-state index contributed by atoms with van der Waals surface area (Å²) in [5, 5.41) is 0. The molecule has 2 aromatic carbocycles. The standard InChI is InChI=1S/C16H16FNO4S/c1-21-14-7-6-12(10-15(14)22-2)23(19,20)18-9-8-11-4-3-5-13(17)16(11)18/h3-7,10H,8-9H2,1-2H3. The van der Waals surface area contributed by atoms with Crippen molar-refractivity contribution in [1.82, 2.24) is 0 Å². The van der Waals surface area contributed by atoms with Gasteiger partial charge in [0.25, 0.3) is 10.0 Å². The molecule has 0 unspecified atom stereocenters. The molecule has 5 nitrogen and oxygen atoms in total. The van der Waals surface area contributed by atoms with Gasteiger partial charge in [0, 0.05) is 12.6 Å². The molecule has 1 aliphatic heterocycles. The Hall–Kier alpha value is -2.28. The fourth-order valence-corrected chi connectivity index (χ4v) is 4.25. The number of hydrogen-bond donors (Lipinski definition) is 0. The first kappa shape index (κ1) is 15.6.